The van der Waals surface area contributed by atoms with E-state index in [1.807, 2.05) is 0 Å². The highest BCUT2D eigenvalue weighted by molar-refractivity contribution is 7.89. The summed E-state index contributed by atoms with van der Waals surface area (Å²) in [7, 11) is -3.44. The van der Waals surface area contributed by atoms with Crippen LogP contribution >= 0.6 is 0 Å². The third kappa shape index (κ3) is 3.06. The summed E-state index contributed by atoms with van der Waals surface area (Å²) in [4.78, 5) is 0.333. The van der Waals surface area contributed by atoms with Gasteiger partial charge in [-0.2, -0.15) is 4.31 Å². The Labute approximate surface area is 131 Å². The van der Waals surface area contributed by atoms with Gasteiger partial charge in [0.15, 0.2) is 0 Å². The zero-order valence-electron chi connectivity index (χ0n) is 12.8. The van der Waals surface area contributed by atoms with E-state index in [1.54, 1.807) is 22.5 Å². The minimum atomic E-state index is -3.44. The third-order valence-electron chi connectivity index (χ3n) is 4.16. The summed E-state index contributed by atoms with van der Waals surface area (Å²) in [6.45, 7) is 5.42. The average Bonchev–Trinajstić information content (AvgIpc) is 2.83. The summed E-state index contributed by atoms with van der Waals surface area (Å²) in [6, 6.07) is 5.09. The van der Waals surface area contributed by atoms with Crippen molar-refractivity contribution in [3.05, 3.63) is 18.2 Å². The predicted octanol–water partition coefficient (Wildman–Crippen LogP) is 1.25. The third-order valence-corrected chi connectivity index (χ3v) is 6.05. The maximum absolute atomic E-state index is 12.8. The van der Waals surface area contributed by atoms with Crippen molar-refractivity contribution in [1.82, 2.24) is 9.62 Å². The second-order valence-electron chi connectivity index (χ2n) is 5.69. The normalized spacial score (nSPS) is 23.0. The Hall–Kier alpha value is -1.31. The van der Waals surface area contributed by atoms with Gasteiger partial charge >= 0.3 is 0 Å². The van der Waals surface area contributed by atoms with Crippen molar-refractivity contribution in [1.29, 1.82) is 0 Å². The van der Waals surface area contributed by atoms with Crippen LogP contribution in [0.4, 0.5) is 5.69 Å². The Bertz CT molecular complexity index is 625. The molecule has 1 aromatic carbocycles. The molecule has 7 heteroatoms. The first kappa shape index (κ1) is 15.6. The fraction of sp³-hybridized carbons (Fsp3) is 0.600. The van der Waals surface area contributed by atoms with Crippen molar-refractivity contribution in [3.63, 3.8) is 0 Å². The largest absolute Gasteiger partial charge is 0.486 e. The van der Waals surface area contributed by atoms with E-state index < -0.39 is 10.0 Å². The number of rotatable bonds is 3. The summed E-state index contributed by atoms with van der Waals surface area (Å²) >= 11 is 0. The zero-order valence-corrected chi connectivity index (χ0v) is 13.7. The first-order valence-electron chi connectivity index (χ1n) is 7.86. The molecule has 122 valence electrons. The van der Waals surface area contributed by atoms with E-state index in [2.05, 4.69) is 17.6 Å². The maximum atomic E-state index is 12.8. The number of fused-ring (bicyclic) bond motifs is 1. The molecule has 1 unspecified atom stereocenters. The van der Waals surface area contributed by atoms with Crippen LogP contribution in [0.2, 0.25) is 0 Å². The van der Waals surface area contributed by atoms with Crippen LogP contribution in [0.1, 0.15) is 19.8 Å². The van der Waals surface area contributed by atoms with Crippen molar-refractivity contribution < 1.29 is 13.2 Å². The van der Waals surface area contributed by atoms with Gasteiger partial charge in [-0.1, -0.05) is 6.92 Å². The molecule has 0 spiro atoms. The lowest BCUT2D eigenvalue weighted by molar-refractivity contribution is 0.201. The van der Waals surface area contributed by atoms with Gasteiger partial charge in [-0.3, -0.25) is 0 Å². The molecule has 22 heavy (non-hydrogen) atoms. The summed E-state index contributed by atoms with van der Waals surface area (Å²) in [5, 5.41) is 6.49. The van der Waals surface area contributed by atoms with Crippen molar-refractivity contribution in [2.75, 3.05) is 38.0 Å². The lowest BCUT2D eigenvalue weighted by Crippen LogP contribution is -2.34. The first-order chi connectivity index (χ1) is 10.6. The molecule has 0 aliphatic carbocycles. The minimum Gasteiger partial charge on any atom is -0.486 e. The van der Waals surface area contributed by atoms with Gasteiger partial charge in [0.1, 0.15) is 11.9 Å². The van der Waals surface area contributed by atoms with Crippen LogP contribution in [0.25, 0.3) is 0 Å². The fourth-order valence-corrected chi connectivity index (χ4v) is 4.30. The number of anilines is 1. The lowest BCUT2D eigenvalue weighted by atomic mass is 10.2. The molecule has 1 aromatic rings. The molecule has 1 fully saturated rings. The van der Waals surface area contributed by atoms with Gasteiger partial charge < -0.3 is 15.4 Å². The van der Waals surface area contributed by atoms with Crippen LogP contribution in [0, 0.1) is 0 Å². The number of ether oxygens (including phenoxy) is 1. The number of nitrogens with zero attached hydrogens (tertiary/aromatic N) is 1. The van der Waals surface area contributed by atoms with E-state index in [-0.39, 0.29) is 6.10 Å². The van der Waals surface area contributed by atoms with Crippen molar-refractivity contribution >= 4 is 15.7 Å². The molecule has 3 rings (SSSR count). The monoisotopic (exact) mass is 325 g/mol. The highest BCUT2D eigenvalue weighted by atomic mass is 32.2. The molecule has 0 bridgehead atoms. The smallest absolute Gasteiger partial charge is 0.243 e. The SMILES string of the molecule is CCC1CNc2cc(S(=O)(=O)N3CCCNCC3)ccc2O1. The topological polar surface area (TPSA) is 70.7 Å². The van der Waals surface area contributed by atoms with Crippen LogP contribution in [-0.2, 0) is 10.0 Å². The van der Waals surface area contributed by atoms with Gasteiger partial charge in [-0.25, -0.2) is 8.42 Å². The fourth-order valence-electron chi connectivity index (χ4n) is 2.79. The zero-order chi connectivity index (χ0) is 15.6. The molecule has 0 amide bonds. The number of hydrogen-bond acceptors (Lipinski definition) is 5. The lowest BCUT2D eigenvalue weighted by Gasteiger charge is -2.27. The van der Waals surface area contributed by atoms with E-state index in [9.17, 15) is 8.42 Å². The van der Waals surface area contributed by atoms with Crippen LogP contribution < -0.4 is 15.4 Å². The molecule has 6 nitrogen and oxygen atoms in total. The molecule has 0 aromatic heterocycles. The van der Waals surface area contributed by atoms with E-state index in [4.69, 9.17) is 4.74 Å². The van der Waals surface area contributed by atoms with E-state index in [0.29, 0.717) is 31.1 Å². The van der Waals surface area contributed by atoms with E-state index in [0.717, 1.165) is 30.8 Å². The Morgan fingerprint density at radius 1 is 1.32 bits per heavy atom. The second-order valence-corrected chi connectivity index (χ2v) is 7.63. The average molecular weight is 325 g/mol. The summed E-state index contributed by atoms with van der Waals surface area (Å²) in [5.41, 5.74) is 0.763. The predicted molar refractivity (Wildman–Crippen MR) is 85.9 cm³/mol. The highest BCUT2D eigenvalue weighted by Gasteiger charge is 2.27. The van der Waals surface area contributed by atoms with Gasteiger partial charge in [0.25, 0.3) is 0 Å². The van der Waals surface area contributed by atoms with Crippen LogP contribution in [0.3, 0.4) is 0 Å². The number of nitrogens with one attached hydrogen (secondary N) is 2. The Morgan fingerprint density at radius 3 is 3.00 bits per heavy atom. The second kappa shape index (κ2) is 6.44. The molecule has 2 N–H and O–H groups in total. The number of benzene rings is 1. The molecule has 2 aliphatic heterocycles. The maximum Gasteiger partial charge on any atom is 0.243 e. The van der Waals surface area contributed by atoms with Crippen LogP contribution in [0.5, 0.6) is 5.75 Å². The molecule has 1 saturated heterocycles. The summed E-state index contributed by atoms with van der Waals surface area (Å²) in [6.07, 6.45) is 1.91. The van der Waals surface area contributed by atoms with Crippen molar-refractivity contribution in [2.45, 2.75) is 30.8 Å². The van der Waals surface area contributed by atoms with Gasteiger partial charge in [-0.15, -0.1) is 0 Å². The molecule has 0 saturated carbocycles. The van der Waals surface area contributed by atoms with Gasteiger partial charge in [0.05, 0.1) is 17.1 Å². The van der Waals surface area contributed by atoms with Crippen LogP contribution in [-0.4, -0.2) is 51.6 Å². The Kier molecular flexibility index (Phi) is 4.56. The highest BCUT2D eigenvalue weighted by Crippen LogP contribution is 2.32. The summed E-state index contributed by atoms with van der Waals surface area (Å²) < 4.78 is 32.9. The van der Waals surface area contributed by atoms with Crippen LogP contribution in [0.15, 0.2) is 23.1 Å². The molecule has 2 heterocycles. The molecule has 1 atom stereocenters. The summed E-state index contributed by atoms with van der Waals surface area (Å²) in [5.74, 6) is 0.731. The molecular weight excluding hydrogens is 302 g/mol. The molecular formula is C15H23N3O3S. The van der Waals surface area contributed by atoms with Gasteiger partial charge in [0, 0.05) is 19.6 Å². The van der Waals surface area contributed by atoms with E-state index >= 15 is 0 Å². The van der Waals surface area contributed by atoms with Gasteiger partial charge in [0.2, 0.25) is 10.0 Å². The first-order valence-corrected chi connectivity index (χ1v) is 9.30. The molecule has 0 radical (unpaired) electrons. The van der Waals surface area contributed by atoms with E-state index in [1.165, 1.54) is 0 Å². The number of sulfonamides is 1. The standard InChI is InChI=1S/C15H23N3O3S/c1-2-12-11-17-14-10-13(4-5-15(14)21-12)22(19,20)18-8-3-6-16-7-9-18/h4-5,10,12,16-17H,2-3,6-9,11H2,1H3. The number of hydrogen-bond donors (Lipinski definition) is 2. The Balaban J connectivity index is 1.85. The van der Waals surface area contributed by atoms with Crippen molar-refractivity contribution in [2.24, 2.45) is 0 Å². The Morgan fingerprint density at radius 2 is 2.18 bits per heavy atom. The molecule has 2 aliphatic rings. The van der Waals surface area contributed by atoms with Crippen molar-refractivity contribution in [3.8, 4) is 5.75 Å². The minimum absolute atomic E-state index is 0.145. The quantitative estimate of drug-likeness (QED) is 0.875. The van der Waals surface area contributed by atoms with Gasteiger partial charge in [-0.05, 0) is 37.6 Å².